The van der Waals surface area contributed by atoms with E-state index in [1.54, 1.807) is 0 Å². The molecule has 0 N–H and O–H groups in total. The molecule has 2 aliphatic rings. The van der Waals surface area contributed by atoms with Crippen LogP contribution in [0.25, 0.3) is 0 Å². The minimum atomic E-state index is 0.0447. The van der Waals surface area contributed by atoms with Crippen molar-refractivity contribution in [2.45, 2.75) is 44.9 Å². The van der Waals surface area contributed by atoms with Crippen LogP contribution in [0.15, 0.2) is 9.90 Å². The Morgan fingerprint density at radius 1 is 1.39 bits per heavy atom. The van der Waals surface area contributed by atoms with Crippen LogP contribution in [0.2, 0.25) is 0 Å². The van der Waals surface area contributed by atoms with Gasteiger partial charge in [-0.2, -0.15) is 4.98 Å². The van der Waals surface area contributed by atoms with Crippen LogP contribution in [-0.2, 0) is 6.42 Å². The number of amides is 1. The van der Waals surface area contributed by atoms with Crippen LogP contribution in [0.3, 0.4) is 0 Å². The molecule has 2 aromatic rings. The highest BCUT2D eigenvalue weighted by Crippen LogP contribution is 2.38. The third kappa shape index (κ3) is 3.29. The van der Waals surface area contributed by atoms with E-state index < -0.39 is 0 Å². The number of hydrogen-bond acceptors (Lipinski definition) is 6. The molecule has 0 radical (unpaired) electrons. The van der Waals surface area contributed by atoms with Crippen molar-refractivity contribution in [1.29, 1.82) is 0 Å². The molecule has 1 unspecified atom stereocenters. The van der Waals surface area contributed by atoms with E-state index in [1.807, 2.05) is 17.2 Å². The fourth-order valence-corrected chi connectivity index (χ4v) is 3.73. The molecule has 6 nitrogen and oxygen atoms in total. The fourth-order valence-electron chi connectivity index (χ4n) is 3.15. The van der Waals surface area contributed by atoms with Crippen LogP contribution in [0.5, 0.6) is 0 Å². The molecule has 0 spiro atoms. The molecule has 1 aliphatic heterocycles. The zero-order valence-corrected chi connectivity index (χ0v) is 14.0. The minimum absolute atomic E-state index is 0.0447. The SMILES string of the molecule is Cc1nc(C(=O)N2CCCC(Cc3nc(C4CC4)no3)C2)cs1. The molecule has 1 amide bonds. The smallest absolute Gasteiger partial charge is 0.273 e. The van der Waals surface area contributed by atoms with Crippen LogP contribution >= 0.6 is 11.3 Å². The number of carbonyl (C=O) groups is 1. The van der Waals surface area contributed by atoms with Gasteiger partial charge in [0.15, 0.2) is 5.82 Å². The Hall–Kier alpha value is -1.76. The first-order valence-electron chi connectivity index (χ1n) is 8.23. The van der Waals surface area contributed by atoms with E-state index in [-0.39, 0.29) is 5.91 Å². The average molecular weight is 332 g/mol. The first-order valence-corrected chi connectivity index (χ1v) is 9.11. The molecule has 1 aliphatic carbocycles. The number of aryl methyl sites for hydroxylation is 1. The van der Waals surface area contributed by atoms with Crippen molar-refractivity contribution >= 4 is 17.2 Å². The second-order valence-electron chi connectivity index (χ2n) is 6.54. The third-order valence-electron chi connectivity index (χ3n) is 4.53. The van der Waals surface area contributed by atoms with Crippen molar-refractivity contribution in [1.82, 2.24) is 20.0 Å². The number of piperidine rings is 1. The van der Waals surface area contributed by atoms with Gasteiger partial charge in [0.2, 0.25) is 5.89 Å². The van der Waals surface area contributed by atoms with Crippen molar-refractivity contribution in [3.63, 3.8) is 0 Å². The van der Waals surface area contributed by atoms with Gasteiger partial charge in [0.1, 0.15) is 5.69 Å². The predicted molar refractivity (Wildman–Crippen MR) is 85.5 cm³/mol. The van der Waals surface area contributed by atoms with Crippen molar-refractivity contribution in [2.75, 3.05) is 13.1 Å². The van der Waals surface area contributed by atoms with Crippen molar-refractivity contribution in [3.05, 3.63) is 27.8 Å². The summed E-state index contributed by atoms with van der Waals surface area (Å²) in [5, 5.41) is 6.85. The third-order valence-corrected chi connectivity index (χ3v) is 5.31. The van der Waals surface area contributed by atoms with Crippen LogP contribution in [0.4, 0.5) is 0 Å². The summed E-state index contributed by atoms with van der Waals surface area (Å²) in [6.45, 7) is 3.48. The second kappa shape index (κ2) is 6.03. The Morgan fingerprint density at radius 3 is 3.00 bits per heavy atom. The first-order chi connectivity index (χ1) is 11.2. The number of hydrogen-bond donors (Lipinski definition) is 0. The highest BCUT2D eigenvalue weighted by molar-refractivity contribution is 7.09. The van der Waals surface area contributed by atoms with Gasteiger partial charge in [0.25, 0.3) is 5.91 Å². The van der Waals surface area contributed by atoms with Crippen molar-refractivity contribution in [3.8, 4) is 0 Å². The minimum Gasteiger partial charge on any atom is -0.339 e. The van der Waals surface area contributed by atoms with Gasteiger partial charge in [-0.05, 0) is 38.5 Å². The average Bonchev–Trinajstić information content (AvgIpc) is 3.16. The van der Waals surface area contributed by atoms with Crippen LogP contribution in [-0.4, -0.2) is 39.0 Å². The van der Waals surface area contributed by atoms with E-state index in [0.717, 1.165) is 49.1 Å². The summed E-state index contributed by atoms with van der Waals surface area (Å²) in [6, 6.07) is 0. The van der Waals surface area contributed by atoms with Gasteiger partial charge in [0.05, 0.1) is 5.01 Å². The lowest BCUT2D eigenvalue weighted by molar-refractivity contribution is 0.0663. The van der Waals surface area contributed by atoms with Gasteiger partial charge in [0, 0.05) is 30.8 Å². The first kappa shape index (κ1) is 14.8. The second-order valence-corrected chi connectivity index (χ2v) is 7.60. The maximum Gasteiger partial charge on any atom is 0.273 e. The zero-order valence-electron chi connectivity index (χ0n) is 13.2. The Labute approximate surface area is 138 Å². The molecule has 4 rings (SSSR count). The number of aromatic nitrogens is 3. The standard InChI is InChI=1S/C16H20N4O2S/c1-10-17-13(9-23-10)16(21)20-6-2-3-11(8-20)7-14-18-15(19-22-14)12-4-5-12/h9,11-12H,2-8H2,1H3. The molecule has 2 fully saturated rings. The van der Waals surface area contributed by atoms with E-state index in [1.165, 1.54) is 24.2 Å². The van der Waals surface area contributed by atoms with E-state index in [9.17, 15) is 4.79 Å². The lowest BCUT2D eigenvalue weighted by atomic mass is 9.94. The Kier molecular flexibility index (Phi) is 3.88. The molecule has 1 saturated heterocycles. The number of carbonyl (C=O) groups excluding carboxylic acids is 1. The molecule has 1 atom stereocenters. The van der Waals surface area contributed by atoms with Crippen molar-refractivity contribution < 1.29 is 9.32 Å². The highest BCUT2D eigenvalue weighted by Gasteiger charge is 2.30. The Morgan fingerprint density at radius 2 is 2.26 bits per heavy atom. The monoisotopic (exact) mass is 332 g/mol. The maximum atomic E-state index is 12.5. The Balaban J connectivity index is 1.39. The van der Waals surface area contributed by atoms with Gasteiger partial charge in [-0.15, -0.1) is 11.3 Å². The molecule has 0 bridgehead atoms. The number of nitrogens with zero attached hydrogens (tertiary/aromatic N) is 4. The molecular weight excluding hydrogens is 312 g/mol. The normalized spacial score (nSPS) is 21.6. The van der Waals surface area contributed by atoms with Gasteiger partial charge in [-0.1, -0.05) is 5.16 Å². The van der Waals surface area contributed by atoms with Crippen LogP contribution < -0.4 is 0 Å². The number of likely N-dealkylation sites (tertiary alicyclic amines) is 1. The lowest BCUT2D eigenvalue weighted by Gasteiger charge is -2.31. The quantitative estimate of drug-likeness (QED) is 0.861. The molecule has 3 heterocycles. The van der Waals surface area contributed by atoms with Crippen molar-refractivity contribution in [2.24, 2.45) is 5.92 Å². The Bertz CT molecular complexity index is 707. The van der Waals surface area contributed by atoms with E-state index >= 15 is 0 Å². The van der Waals surface area contributed by atoms with Gasteiger partial charge >= 0.3 is 0 Å². The molecule has 7 heteroatoms. The molecule has 2 aromatic heterocycles. The topological polar surface area (TPSA) is 72.1 Å². The summed E-state index contributed by atoms with van der Waals surface area (Å²) in [7, 11) is 0. The molecular formula is C16H20N4O2S. The summed E-state index contributed by atoms with van der Waals surface area (Å²) in [5.74, 6) is 2.53. The molecule has 23 heavy (non-hydrogen) atoms. The molecule has 122 valence electrons. The fraction of sp³-hybridized carbons (Fsp3) is 0.625. The van der Waals surface area contributed by atoms with Gasteiger partial charge in [-0.3, -0.25) is 4.79 Å². The summed E-state index contributed by atoms with van der Waals surface area (Å²) in [5.41, 5.74) is 0.571. The molecule has 0 aromatic carbocycles. The lowest BCUT2D eigenvalue weighted by Crippen LogP contribution is -2.40. The van der Waals surface area contributed by atoms with E-state index in [2.05, 4.69) is 15.1 Å². The summed E-state index contributed by atoms with van der Waals surface area (Å²) in [4.78, 5) is 23.3. The maximum absolute atomic E-state index is 12.5. The number of rotatable bonds is 4. The zero-order chi connectivity index (χ0) is 15.8. The number of thiazole rings is 1. The highest BCUT2D eigenvalue weighted by atomic mass is 32.1. The van der Waals surface area contributed by atoms with Crippen LogP contribution in [0, 0.1) is 12.8 Å². The largest absolute Gasteiger partial charge is 0.339 e. The van der Waals surface area contributed by atoms with Gasteiger partial charge < -0.3 is 9.42 Å². The summed E-state index contributed by atoms with van der Waals surface area (Å²) >= 11 is 1.52. The van der Waals surface area contributed by atoms with Gasteiger partial charge in [-0.25, -0.2) is 4.98 Å². The summed E-state index contributed by atoms with van der Waals surface area (Å²) in [6.07, 6.45) is 5.24. The van der Waals surface area contributed by atoms with E-state index in [0.29, 0.717) is 17.5 Å². The summed E-state index contributed by atoms with van der Waals surface area (Å²) < 4.78 is 5.38. The predicted octanol–water partition coefficient (Wildman–Crippen LogP) is 2.81. The van der Waals surface area contributed by atoms with Crippen LogP contribution in [0.1, 0.15) is 58.8 Å². The molecule has 1 saturated carbocycles. The van der Waals surface area contributed by atoms with E-state index in [4.69, 9.17) is 4.52 Å².